The van der Waals surface area contributed by atoms with Crippen molar-refractivity contribution < 1.29 is 4.79 Å². The van der Waals surface area contributed by atoms with Crippen LogP contribution in [0.1, 0.15) is 17.3 Å². The van der Waals surface area contributed by atoms with Gasteiger partial charge in [0.15, 0.2) is 0 Å². The minimum atomic E-state index is -0.0839. The van der Waals surface area contributed by atoms with Gasteiger partial charge in [-0.15, -0.1) is 0 Å². The number of carbonyl (C=O) groups is 1. The van der Waals surface area contributed by atoms with Crippen LogP contribution in [-0.2, 0) is 0 Å². The lowest BCUT2D eigenvalue weighted by Gasteiger charge is -2.04. The van der Waals surface area contributed by atoms with Gasteiger partial charge in [-0.1, -0.05) is 12.1 Å². The van der Waals surface area contributed by atoms with Crippen molar-refractivity contribution in [1.29, 1.82) is 0 Å². The van der Waals surface area contributed by atoms with Crippen LogP contribution in [0.25, 0.3) is 22.1 Å². The second kappa shape index (κ2) is 4.65. The van der Waals surface area contributed by atoms with E-state index in [2.05, 4.69) is 15.3 Å². The highest BCUT2D eigenvalue weighted by molar-refractivity contribution is 5.98. The summed E-state index contributed by atoms with van der Waals surface area (Å²) in [6.07, 6.45) is 0. The number of amides is 1. The van der Waals surface area contributed by atoms with Gasteiger partial charge in [0.2, 0.25) is 0 Å². The quantitative estimate of drug-likeness (QED) is 0.712. The normalized spacial score (nSPS) is 10.8. The van der Waals surface area contributed by atoms with Gasteiger partial charge in [0.1, 0.15) is 0 Å². The summed E-state index contributed by atoms with van der Waals surface area (Å²) in [5.41, 5.74) is 3.84. The van der Waals surface area contributed by atoms with Crippen molar-refractivity contribution >= 4 is 28.0 Å². The summed E-state index contributed by atoms with van der Waals surface area (Å²) in [7, 11) is 0. The van der Waals surface area contributed by atoms with Crippen molar-refractivity contribution in [3.8, 4) is 0 Å². The van der Waals surface area contributed by atoms with Crippen molar-refractivity contribution in [2.75, 3.05) is 6.54 Å². The van der Waals surface area contributed by atoms with Crippen LogP contribution in [0.5, 0.6) is 0 Å². The second-order valence-corrected chi connectivity index (χ2v) is 4.28. The lowest BCUT2D eigenvalue weighted by molar-refractivity contribution is 0.0956. The summed E-state index contributed by atoms with van der Waals surface area (Å²) in [6.45, 7) is 2.51. The summed E-state index contributed by atoms with van der Waals surface area (Å²) >= 11 is 0. The number of rotatable bonds is 2. The molecule has 94 valence electrons. The molecule has 0 unspecified atom stereocenters. The molecule has 0 bridgehead atoms. The first-order valence-corrected chi connectivity index (χ1v) is 6.22. The van der Waals surface area contributed by atoms with Crippen LogP contribution in [0, 0.1) is 0 Å². The molecule has 0 spiro atoms. The van der Waals surface area contributed by atoms with Crippen molar-refractivity contribution in [2.45, 2.75) is 6.92 Å². The Balaban J connectivity index is 2.16. The van der Waals surface area contributed by atoms with Crippen LogP contribution in [0.2, 0.25) is 0 Å². The van der Waals surface area contributed by atoms with Gasteiger partial charge in [-0.05, 0) is 37.3 Å². The summed E-state index contributed by atoms with van der Waals surface area (Å²) < 4.78 is 0. The molecule has 1 aromatic heterocycles. The highest BCUT2D eigenvalue weighted by Crippen LogP contribution is 2.17. The van der Waals surface area contributed by atoms with Gasteiger partial charge in [-0.25, -0.2) is 9.97 Å². The molecular formula is C15H13N3O. The Hall–Kier alpha value is -2.49. The van der Waals surface area contributed by atoms with Gasteiger partial charge < -0.3 is 5.32 Å². The molecule has 0 fully saturated rings. The minimum absolute atomic E-state index is 0.0839. The topological polar surface area (TPSA) is 54.9 Å². The highest BCUT2D eigenvalue weighted by Gasteiger charge is 2.07. The molecule has 0 aliphatic carbocycles. The molecule has 19 heavy (non-hydrogen) atoms. The maximum atomic E-state index is 11.8. The molecule has 1 N–H and O–H groups in total. The molecule has 0 aliphatic heterocycles. The predicted octanol–water partition coefficient (Wildman–Crippen LogP) is 2.53. The molecule has 1 heterocycles. The molecule has 2 aromatic carbocycles. The maximum absolute atomic E-state index is 11.8. The molecule has 3 aromatic rings. The number of nitrogens with one attached hydrogen (secondary N) is 1. The van der Waals surface area contributed by atoms with Crippen LogP contribution in [-0.4, -0.2) is 22.4 Å². The fourth-order valence-corrected chi connectivity index (χ4v) is 2.02. The van der Waals surface area contributed by atoms with Gasteiger partial charge >= 0.3 is 0 Å². The van der Waals surface area contributed by atoms with E-state index in [9.17, 15) is 4.79 Å². The van der Waals surface area contributed by atoms with Crippen molar-refractivity contribution in [3.63, 3.8) is 0 Å². The first-order valence-electron chi connectivity index (χ1n) is 6.22. The highest BCUT2D eigenvalue weighted by atomic mass is 16.1. The minimum Gasteiger partial charge on any atom is -0.352 e. The third kappa shape index (κ3) is 2.12. The number of hydrogen-bond donors (Lipinski definition) is 1. The molecule has 1 amide bonds. The molecule has 0 aliphatic rings. The molecular weight excluding hydrogens is 238 g/mol. The lowest BCUT2D eigenvalue weighted by atomic mass is 10.1. The zero-order valence-electron chi connectivity index (χ0n) is 10.6. The largest absolute Gasteiger partial charge is 0.352 e. The van der Waals surface area contributed by atoms with Gasteiger partial charge in [0, 0.05) is 12.1 Å². The van der Waals surface area contributed by atoms with E-state index in [1.165, 1.54) is 0 Å². The van der Waals surface area contributed by atoms with Gasteiger partial charge in [0.25, 0.3) is 5.91 Å². The van der Waals surface area contributed by atoms with Crippen LogP contribution in [0.15, 0.2) is 42.5 Å². The number of nitrogens with zero attached hydrogens (tertiary/aromatic N) is 2. The average Bonchev–Trinajstić information content (AvgIpc) is 2.44. The number of fused-ring (bicyclic) bond motifs is 2. The average molecular weight is 251 g/mol. The Kier molecular flexibility index (Phi) is 2.83. The Bertz CT molecular complexity index is 768. The Morgan fingerprint density at radius 1 is 1.00 bits per heavy atom. The standard InChI is InChI=1S/C15H13N3O/c1-2-16-15(19)10-7-8-13-14(9-10)18-12-6-4-3-5-11(12)17-13/h3-9H,2H2,1H3,(H,16,19). The Morgan fingerprint density at radius 3 is 2.32 bits per heavy atom. The fourth-order valence-electron chi connectivity index (χ4n) is 2.02. The SMILES string of the molecule is CCNC(=O)c1ccc2nc3ccccc3nc2c1. The van der Waals surface area contributed by atoms with Crippen molar-refractivity contribution in [2.24, 2.45) is 0 Å². The van der Waals surface area contributed by atoms with E-state index in [0.29, 0.717) is 12.1 Å². The van der Waals surface area contributed by atoms with E-state index in [4.69, 9.17) is 0 Å². The third-order valence-electron chi connectivity index (χ3n) is 2.94. The summed E-state index contributed by atoms with van der Waals surface area (Å²) in [5.74, 6) is -0.0839. The maximum Gasteiger partial charge on any atom is 0.251 e. The zero-order valence-corrected chi connectivity index (χ0v) is 10.6. The monoisotopic (exact) mass is 251 g/mol. The van der Waals surface area contributed by atoms with Gasteiger partial charge in [-0.2, -0.15) is 0 Å². The van der Waals surface area contributed by atoms with E-state index in [1.54, 1.807) is 12.1 Å². The Morgan fingerprint density at radius 2 is 1.63 bits per heavy atom. The first-order chi connectivity index (χ1) is 9.28. The van der Waals surface area contributed by atoms with Gasteiger partial charge in [0.05, 0.1) is 22.1 Å². The zero-order chi connectivity index (χ0) is 13.2. The van der Waals surface area contributed by atoms with Crippen LogP contribution < -0.4 is 5.32 Å². The second-order valence-electron chi connectivity index (χ2n) is 4.28. The van der Waals surface area contributed by atoms with E-state index in [-0.39, 0.29) is 5.91 Å². The number of para-hydroxylation sites is 2. The van der Waals surface area contributed by atoms with E-state index in [1.807, 2.05) is 37.3 Å². The number of carbonyl (C=O) groups excluding carboxylic acids is 1. The summed E-state index contributed by atoms with van der Waals surface area (Å²) in [5, 5.41) is 2.78. The molecule has 0 radical (unpaired) electrons. The molecule has 4 heteroatoms. The molecule has 0 saturated carbocycles. The third-order valence-corrected chi connectivity index (χ3v) is 2.94. The fraction of sp³-hybridized carbons (Fsp3) is 0.133. The van der Waals surface area contributed by atoms with E-state index in [0.717, 1.165) is 22.1 Å². The molecule has 3 rings (SSSR count). The number of aromatic nitrogens is 2. The lowest BCUT2D eigenvalue weighted by Crippen LogP contribution is -2.22. The van der Waals surface area contributed by atoms with Crippen LogP contribution >= 0.6 is 0 Å². The Labute approximate surface area is 110 Å². The first kappa shape index (κ1) is 11.6. The predicted molar refractivity (Wildman–Crippen MR) is 75.1 cm³/mol. The molecule has 0 saturated heterocycles. The summed E-state index contributed by atoms with van der Waals surface area (Å²) in [6, 6.07) is 13.1. The smallest absolute Gasteiger partial charge is 0.251 e. The molecule has 4 nitrogen and oxygen atoms in total. The van der Waals surface area contributed by atoms with Crippen LogP contribution in [0.3, 0.4) is 0 Å². The number of hydrogen-bond acceptors (Lipinski definition) is 3. The van der Waals surface area contributed by atoms with E-state index >= 15 is 0 Å². The summed E-state index contributed by atoms with van der Waals surface area (Å²) in [4.78, 5) is 20.9. The van der Waals surface area contributed by atoms with Crippen molar-refractivity contribution in [3.05, 3.63) is 48.0 Å². The van der Waals surface area contributed by atoms with E-state index < -0.39 is 0 Å². The number of benzene rings is 2. The molecule has 0 atom stereocenters. The van der Waals surface area contributed by atoms with Crippen molar-refractivity contribution in [1.82, 2.24) is 15.3 Å². The van der Waals surface area contributed by atoms with Crippen LogP contribution in [0.4, 0.5) is 0 Å². The van der Waals surface area contributed by atoms with Gasteiger partial charge in [-0.3, -0.25) is 4.79 Å².